The van der Waals surface area contributed by atoms with Gasteiger partial charge in [0.05, 0.1) is 12.7 Å². The third kappa shape index (κ3) is 23.6. The molecule has 0 aliphatic heterocycles. The van der Waals surface area contributed by atoms with Crippen LogP contribution in [0.25, 0.3) is 0 Å². The van der Waals surface area contributed by atoms with E-state index in [2.05, 4.69) is 20.8 Å². The van der Waals surface area contributed by atoms with Gasteiger partial charge >= 0.3 is 5.97 Å². The lowest BCUT2D eigenvalue weighted by Gasteiger charge is -2.23. The quantitative estimate of drug-likeness (QED) is 0.0490. The number of carbonyl (C=O) groups is 1. The van der Waals surface area contributed by atoms with Crippen molar-refractivity contribution in [2.24, 2.45) is 47.3 Å². The fourth-order valence-corrected chi connectivity index (χ4v) is 11.2. The van der Waals surface area contributed by atoms with Gasteiger partial charge in [0.1, 0.15) is 12.7 Å². The van der Waals surface area contributed by atoms with Gasteiger partial charge in [0.25, 0.3) is 0 Å². The molecule has 0 aromatic heterocycles. The van der Waals surface area contributed by atoms with Gasteiger partial charge in [-0.05, 0) is 98.7 Å². The molecule has 4 aliphatic carbocycles. The molecule has 1 N–H and O–H groups in total. The first-order chi connectivity index (χ1) is 29.0. The molecule has 0 saturated heterocycles. The van der Waals surface area contributed by atoms with E-state index in [1.165, 1.54) is 193 Å². The van der Waals surface area contributed by atoms with Crippen molar-refractivity contribution in [1.29, 1.82) is 0 Å². The lowest BCUT2D eigenvalue weighted by atomic mass is 9.87. The minimum atomic E-state index is -0.254. The van der Waals surface area contributed by atoms with Gasteiger partial charge in [-0.1, -0.05) is 194 Å². The van der Waals surface area contributed by atoms with Gasteiger partial charge in [-0.3, -0.25) is 4.79 Å². The van der Waals surface area contributed by atoms with Gasteiger partial charge in [-0.25, -0.2) is 0 Å². The molecule has 0 spiro atoms. The maximum Gasteiger partial charge on any atom is 0.306 e. The topological polar surface area (TPSA) is 65.0 Å². The van der Waals surface area contributed by atoms with E-state index in [9.17, 15) is 9.90 Å². The summed E-state index contributed by atoms with van der Waals surface area (Å²) >= 11 is 0. The summed E-state index contributed by atoms with van der Waals surface area (Å²) in [4.78, 5) is 13.1. The largest absolute Gasteiger partial charge is 0.463 e. The third-order valence-corrected chi connectivity index (χ3v) is 15.7. The Labute approximate surface area is 366 Å². The van der Waals surface area contributed by atoms with Gasteiger partial charge in [0.15, 0.2) is 0 Å². The van der Waals surface area contributed by atoms with Crippen LogP contribution in [-0.4, -0.2) is 49.7 Å². The Balaban J connectivity index is 1.01. The number of aliphatic hydroxyl groups excluding tert-OH is 1. The van der Waals surface area contributed by atoms with Crippen molar-refractivity contribution >= 4 is 5.97 Å². The first kappa shape index (κ1) is 51.0. The molecular formula is C54H100O5. The van der Waals surface area contributed by atoms with Crippen LogP contribution in [0.4, 0.5) is 0 Å². The predicted molar refractivity (Wildman–Crippen MR) is 249 cm³/mol. The molecule has 4 fully saturated rings. The van der Waals surface area contributed by atoms with E-state index in [4.69, 9.17) is 14.2 Å². The zero-order valence-electron chi connectivity index (χ0n) is 39.6. The van der Waals surface area contributed by atoms with Gasteiger partial charge in [-0.2, -0.15) is 0 Å². The van der Waals surface area contributed by atoms with E-state index >= 15 is 0 Å². The molecule has 59 heavy (non-hydrogen) atoms. The van der Waals surface area contributed by atoms with Gasteiger partial charge in [-0.15, -0.1) is 0 Å². The number of hydrogen-bond acceptors (Lipinski definition) is 5. The number of carbonyl (C=O) groups excluding carboxylic acids is 1. The molecule has 0 heterocycles. The molecule has 10 atom stereocenters. The maximum absolute atomic E-state index is 13.1. The summed E-state index contributed by atoms with van der Waals surface area (Å²) in [7, 11) is 0. The van der Waals surface area contributed by atoms with E-state index in [1.807, 2.05) is 0 Å². The second-order valence-corrected chi connectivity index (χ2v) is 20.9. The van der Waals surface area contributed by atoms with Crippen molar-refractivity contribution in [3.63, 3.8) is 0 Å². The Kier molecular flexibility index (Phi) is 27.7. The van der Waals surface area contributed by atoms with Crippen LogP contribution >= 0.6 is 0 Å². The Bertz CT molecular complexity index is 1020. The summed E-state index contributed by atoms with van der Waals surface area (Å²) in [6, 6.07) is 0. The molecule has 4 aliphatic rings. The number of aliphatic hydroxyl groups is 1. The molecule has 0 bridgehead atoms. The van der Waals surface area contributed by atoms with Crippen LogP contribution < -0.4 is 0 Å². The van der Waals surface area contributed by atoms with E-state index in [0.29, 0.717) is 19.6 Å². The number of esters is 1. The van der Waals surface area contributed by atoms with Crippen LogP contribution in [0.15, 0.2) is 0 Å². The summed E-state index contributed by atoms with van der Waals surface area (Å²) in [5.74, 6) is 6.18. The number of unbranched alkanes of at least 4 members (excludes halogenated alkanes) is 20. The third-order valence-electron chi connectivity index (χ3n) is 15.7. The molecule has 0 aromatic carbocycles. The van der Waals surface area contributed by atoms with Crippen molar-refractivity contribution in [3.8, 4) is 0 Å². The zero-order valence-corrected chi connectivity index (χ0v) is 39.6. The van der Waals surface area contributed by atoms with Crippen LogP contribution in [0.1, 0.15) is 252 Å². The average molecular weight is 829 g/mol. The molecule has 10 unspecified atom stereocenters. The second kappa shape index (κ2) is 32.1. The summed E-state index contributed by atoms with van der Waals surface area (Å²) in [5.41, 5.74) is 0. The molecule has 0 amide bonds. The standard InChI is InChI=1S/C54H100O5/c1-4-7-9-11-17-23-29-45-38-47(45)31-25-19-13-15-21-27-35-57-42-51(43-59-54(56)41-49-33-34-53(55)52(49)40-50-37-44(50)6-3)58-36-28-22-16-14-20-26-32-48-39-46(48)30-24-18-12-10-8-5-2/h44-53,55H,4-43H2,1-3H3. The summed E-state index contributed by atoms with van der Waals surface area (Å²) < 4.78 is 18.4. The molecule has 5 heteroatoms. The molecule has 0 radical (unpaired) electrons. The van der Waals surface area contributed by atoms with E-state index in [0.717, 1.165) is 74.2 Å². The SMILES string of the molecule is CCCCCCCCC1CC1CCCCCCCCOCC(COC(=O)CC1CCC(O)C1CC1CC1CC)OCCCCCCCCC1CC1CCCCCCCC. The zero-order chi connectivity index (χ0) is 41.8. The minimum absolute atomic E-state index is 0.125. The Morgan fingerprint density at radius 3 is 1.46 bits per heavy atom. The molecule has 5 nitrogen and oxygen atoms in total. The average Bonchev–Trinajstić information content (AvgIpc) is 4.18. The van der Waals surface area contributed by atoms with Crippen LogP contribution in [0.2, 0.25) is 0 Å². The molecule has 4 rings (SSSR count). The molecular weight excluding hydrogens is 729 g/mol. The monoisotopic (exact) mass is 829 g/mol. The highest BCUT2D eigenvalue weighted by Crippen LogP contribution is 2.50. The predicted octanol–water partition coefficient (Wildman–Crippen LogP) is 15.4. The van der Waals surface area contributed by atoms with Gasteiger partial charge < -0.3 is 19.3 Å². The summed E-state index contributed by atoms with van der Waals surface area (Å²) in [6.07, 6.45) is 47.0. The lowest BCUT2D eigenvalue weighted by molar-refractivity contribution is -0.151. The highest BCUT2D eigenvalue weighted by molar-refractivity contribution is 5.69. The second-order valence-electron chi connectivity index (χ2n) is 20.9. The number of rotatable bonds is 42. The first-order valence-electron chi connectivity index (χ1n) is 27.0. The highest BCUT2D eigenvalue weighted by Gasteiger charge is 2.43. The maximum atomic E-state index is 13.1. The van der Waals surface area contributed by atoms with E-state index in [1.54, 1.807) is 0 Å². The van der Waals surface area contributed by atoms with Crippen molar-refractivity contribution in [2.45, 2.75) is 264 Å². The fourth-order valence-electron chi connectivity index (χ4n) is 11.2. The van der Waals surface area contributed by atoms with E-state index < -0.39 is 0 Å². The molecule has 346 valence electrons. The fraction of sp³-hybridized carbons (Fsp3) is 0.981. The van der Waals surface area contributed by atoms with Gasteiger partial charge in [0, 0.05) is 19.6 Å². The van der Waals surface area contributed by atoms with Crippen molar-refractivity contribution in [3.05, 3.63) is 0 Å². The Morgan fingerprint density at radius 2 is 0.966 bits per heavy atom. The smallest absolute Gasteiger partial charge is 0.306 e. The summed E-state index contributed by atoms with van der Waals surface area (Å²) in [5, 5.41) is 10.7. The van der Waals surface area contributed by atoms with E-state index in [-0.39, 0.29) is 36.6 Å². The van der Waals surface area contributed by atoms with Crippen LogP contribution in [0, 0.1) is 47.3 Å². The van der Waals surface area contributed by atoms with Crippen molar-refractivity contribution in [1.82, 2.24) is 0 Å². The van der Waals surface area contributed by atoms with Crippen LogP contribution in [0.3, 0.4) is 0 Å². The van der Waals surface area contributed by atoms with Crippen molar-refractivity contribution < 1.29 is 24.1 Å². The Morgan fingerprint density at radius 1 is 0.508 bits per heavy atom. The van der Waals surface area contributed by atoms with Crippen molar-refractivity contribution in [2.75, 3.05) is 26.4 Å². The summed E-state index contributed by atoms with van der Waals surface area (Å²) in [6.45, 7) is 9.14. The van der Waals surface area contributed by atoms with Crippen LogP contribution in [0.5, 0.6) is 0 Å². The number of hydrogen-bond donors (Lipinski definition) is 1. The first-order valence-corrected chi connectivity index (χ1v) is 27.0. The normalized spacial score (nSPS) is 27.6. The lowest BCUT2D eigenvalue weighted by Crippen LogP contribution is -2.29. The Hall–Kier alpha value is -0.650. The van der Waals surface area contributed by atoms with Crippen LogP contribution in [-0.2, 0) is 19.0 Å². The highest BCUT2D eigenvalue weighted by atomic mass is 16.6. The molecule has 4 saturated carbocycles. The number of ether oxygens (including phenoxy) is 3. The molecule has 0 aromatic rings. The minimum Gasteiger partial charge on any atom is -0.463 e. The van der Waals surface area contributed by atoms with Gasteiger partial charge in [0.2, 0.25) is 0 Å².